The van der Waals surface area contributed by atoms with Gasteiger partial charge in [-0.15, -0.1) is 15.3 Å². The van der Waals surface area contributed by atoms with Gasteiger partial charge in [-0.05, 0) is 66.2 Å². The lowest BCUT2D eigenvalue weighted by molar-refractivity contribution is 0.0698. The number of rotatable bonds is 20. The summed E-state index contributed by atoms with van der Waals surface area (Å²) in [6, 6.07) is 15.5. The summed E-state index contributed by atoms with van der Waals surface area (Å²) in [6.45, 7) is -1.72. The Hall–Kier alpha value is -6.14. The van der Waals surface area contributed by atoms with Crippen molar-refractivity contribution in [3.8, 4) is 0 Å². The Labute approximate surface area is 335 Å². The lowest BCUT2D eigenvalue weighted by Gasteiger charge is -2.13. The molecule has 0 amide bonds. The topological polar surface area (TPSA) is 392 Å². The zero-order chi connectivity index (χ0) is 43.6. The second-order valence-corrected chi connectivity index (χ2v) is 17.8. The monoisotopic (exact) mass is 897 g/mol. The van der Waals surface area contributed by atoms with Crippen molar-refractivity contribution in [2.24, 2.45) is 30.7 Å². The Balaban J connectivity index is 1.77. The van der Waals surface area contributed by atoms with Gasteiger partial charge in [0.2, 0.25) is 0 Å². The van der Waals surface area contributed by atoms with Crippen molar-refractivity contribution >= 4 is 98.3 Å². The smallest absolute Gasteiger partial charge is 0.397 e. The van der Waals surface area contributed by atoms with Crippen LogP contribution in [0.25, 0.3) is 0 Å². The number of nitrogens with one attached hydrogen (secondary N) is 1. The third kappa shape index (κ3) is 13.2. The fourth-order valence-corrected chi connectivity index (χ4v) is 7.59. The molecule has 4 aromatic carbocycles. The number of hydrogen-bond donors (Lipinski definition) is 6. The number of carboxylic acid groups (broad SMARTS) is 1. The molecule has 0 radical (unpaired) electrons. The SMILES string of the molecule is N=COCc1cccc(N=Nc2c(N)c(N=Nc3ccc(S(=O)(=O)CCOS(=O)(=O)O)cc3)c(N)c(N=Nc3ccc(S(=O)(=O)CCOS(=O)(=O)O)cc3)c2C(=O)O)c1. The van der Waals surface area contributed by atoms with E-state index in [-0.39, 0.29) is 39.1 Å². The van der Waals surface area contributed by atoms with Crippen LogP contribution in [0.3, 0.4) is 0 Å². The molecule has 0 heterocycles. The van der Waals surface area contributed by atoms with Gasteiger partial charge in [-0.1, -0.05) is 12.1 Å². The van der Waals surface area contributed by atoms with Crippen molar-refractivity contribution in [2.75, 3.05) is 36.2 Å². The standard InChI is InChI=1S/C31H31N9O15S4/c32-18-53-17-19-2-1-3-22(16-19)37-39-29-25(31(41)42)28(38-35-20-4-8-23(9-5-20)56(43,44)14-12-54-58(47,48)49)26(33)30(27(29)34)40-36-21-6-10-24(11-7-21)57(45,46)15-13-55-59(50,51)52/h1-11,16,18,32H,12-15,17,33-34H2,(H,41,42)(H,47,48,49)(H,50,51,52). The molecule has 8 N–H and O–H groups in total. The summed E-state index contributed by atoms with van der Waals surface area (Å²) in [7, 11) is -17.9. The number of carbonyl (C=O) groups is 1. The number of benzene rings is 4. The number of nitrogens with zero attached hydrogens (tertiary/aromatic N) is 6. The van der Waals surface area contributed by atoms with Crippen molar-refractivity contribution in [1.29, 1.82) is 5.41 Å². The van der Waals surface area contributed by atoms with E-state index in [1.807, 2.05) is 0 Å². The molecule has 0 aromatic heterocycles. The van der Waals surface area contributed by atoms with Gasteiger partial charge in [0, 0.05) is 0 Å². The molecule has 24 nitrogen and oxygen atoms in total. The highest BCUT2D eigenvalue weighted by Gasteiger charge is 2.27. The molecule has 4 aromatic rings. The summed E-state index contributed by atoms with van der Waals surface area (Å²) >= 11 is 0. The van der Waals surface area contributed by atoms with E-state index in [1.54, 1.807) is 12.1 Å². The summed E-state index contributed by atoms with van der Waals surface area (Å²) < 4.78 is 124. The molecule has 28 heteroatoms. The molecule has 59 heavy (non-hydrogen) atoms. The predicted octanol–water partition coefficient (Wildman–Crippen LogP) is 5.11. The Morgan fingerprint density at radius 3 is 1.46 bits per heavy atom. The maximum Gasteiger partial charge on any atom is 0.397 e. The number of hydrogen-bond acceptors (Lipinski definition) is 21. The average Bonchev–Trinajstić information content (AvgIpc) is 3.15. The molecule has 314 valence electrons. The number of aromatic carboxylic acids is 1. The van der Waals surface area contributed by atoms with Crippen molar-refractivity contribution in [2.45, 2.75) is 16.4 Å². The van der Waals surface area contributed by atoms with Crippen molar-refractivity contribution in [3.63, 3.8) is 0 Å². The number of nitrogen functional groups attached to an aromatic ring is 2. The molecule has 0 saturated carbocycles. The van der Waals surface area contributed by atoms with Gasteiger partial charge >= 0.3 is 26.8 Å². The largest absolute Gasteiger partial charge is 0.479 e. The van der Waals surface area contributed by atoms with Crippen LogP contribution >= 0.6 is 0 Å². The van der Waals surface area contributed by atoms with Crippen LogP contribution in [0.15, 0.2) is 113 Å². The number of sulfone groups is 2. The number of nitrogens with two attached hydrogens (primary N) is 2. The molecule has 0 saturated heterocycles. The molecule has 0 bridgehead atoms. The van der Waals surface area contributed by atoms with Crippen LogP contribution in [0.2, 0.25) is 0 Å². The first-order valence-electron chi connectivity index (χ1n) is 15.9. The fraction of sp³-hybridized carbons (Fsp3) is 0.161. The minimum absolute atomic E-state index is 0.0110. The van der Waals surface area contributed by atoms with E-state index in [1.165, 1.54) is 36.4 Å². The van der Waals surface area contributed by atoms with E-state index in [9.17, 15) is 43.6 Å². The third-order valence-electron chi connectivity index (χ3n) is 7.31. The average molecular weight is 898 g/mol. The highest BCUT2D eigenvalue weighted by Crippen LogP contribution is 2.49. The van der Waals surface area contributed by atoms with Gasteiger partial charge < -0.3 is 21.3 Å². The van der Waals surface area contributed by atoms with Crippen LogP contribution in [0, 0.1) is 5.41 Å². The molecular weight excluding hydrogens is 867 g/mol. The fourth-order valence-electron chi connectivity index (χ4n) is 4.61. The van der Waals surface area contributed by atoms with Crippen molar-refractivity contribution < 1.29 is 65.8 Å². The summed E-state index contributed by atoms with van der Waals surface area (Å²) in [4.78, 5) is 12.2. The molecule has 0 spiro atoms. The van der Waals surface area contributed by atoms with Crippen molar-refractivity contribution in [3.05, 3.63) is 83.9 Å². The first-order chi connectivity index (χ1) is 27.6. The lowest BCUT2D eigenvalue weighted by atomic mass is 10.1. The van der Waals surface area contributed by atoms with Gasteiger partial charge in [-0.25, -0.2) is 30.0 Å². The van der Waals surface area contributed by atoms with Crippen LogP contribution in [0.5, 0.6) is 0 Å². The predicted molar refractivity (Wildman–Crippen MR) is 207 cm³/mol. The Kier molecular flexibility index (Phi) is 14.7. The quantitative estimate of drug-likeness (QED) is 0.0221. The molecule has 0 aliphatic rings. The minimum atomic E-state index is -4.88. The molecular formula is C31H31N9O15S4. The summed E-state index contributed by atoms with van der Waals surface area (Å²) in [5.41, 5.74) is 10.4. The van der Waals surface area contributed by atoms with Gasteiger partial charge in [-0.2, -0.15) is 32.2 Å². The third-order valence-corrected chi connectivity index (χ3v) is 11.6. The van der Waals surface area contributed by atoms with E-state index < -0.39 is 99.5 Å². The summed E-state index contributed by atoms with van der Waals surface area (Å²) in [5, 5.41) is 41.6. The van der Waals surface area contributed by atoms with Gasteiger partial charge in [0.05, 0.1) is 62.9 Å². The minimum Gasteiger partial charge on any atom is -0.479 e. The lowest BCUT2D eigenvalue weighted by Crippen LogP contribution is -2.15. The van der Waals surface area contributed by atoms with Crippen LogP contribution in [-0.2, 0) is 60.2 Å². The maximum absolute atomic E-state index is 12.7. The zero-order valence-corrected chi connectivity index (χ0v) is 33.0. The summed E-state index contributed by atoms with van der Waals surface area (Å²) in [5.74, 6) is -3.26. The molecule has 0 aliphatic carbocycles. The Bertz CT molecular complexity index is 2760. The second-order valence-electron chi connectivity index (χ2n) is 11.4. The number of anilines is 2. The normalized spacial score (nSPS) is 12.7. The van der Waals surface area contributed by atoms with Crippen LogP contribution < -0.4 is 11.5 Å². The van der Waals surface area contributed by atoms with Gasteiger partial charge in [0.25, 0.3) is 0 Å². The highest BCUT2D eigenvalue weighted by atomic mass is 32.3. The number of azo groups is 3. The van der Waals surface area contributed by atoms with Crippen LogP contribution in [0.1, 0.15) is 15.9 Å². The van der Waals surface area contributed by atoms with Crippen LogP contribution in [-0.4, -0.2) is 85.0 Å². The molecule has 0 aliphatic heterocycles. The number of ether oxygens (including phenoxy) is 1. The first-order valence-corrected chi connectivity index (χ1v) is 22.0. The zero-order valence-electron chi connectivity index (χ0n) is 29.8. The Morgan fingerprint density at radius 1 is 0.627 bits per heavy atom. The van der Waals surface area contributed by atoms with E-state index in [0.29, 0.717) is 5.56 Å². The molecule has 0 fully saturated rings. The first kappa shape index (κ1) is 45.6. The highest BCUT2D eigenvalue weighted by molar-refractivity contribution is 7.91. The maximum atomic E-state index is 12.7. The molecule has 0 unspecified atom stereocenters. The van der Waals surface area contributed by atoms with Crippen LogP contribution in [0.4, 0.5) is 45.5 Å². The van der Waals surface area contributed by atoms with Gasteiger partial charge in [-0.3, -0.25) is 14.5 Å². The molecule has 4 rings (SSSR count). The van der Waals surface area contributed by atoms with E-state index in [4.69, 9.17) is 30.7 Å². The molecule has 0 atom stereocenters. The van der Waals surface area contributed by atoms with Gasteiger partial charge in [0.1, 0.15) is 29.2 Å². The van der Waals surface area contributed by atoms with Crippen molar-refractivity contribution in [1.82, 2.24) is 0 Å². The number of carboxylic acids is 1. The van der Waals surface area contributed by atoms with E-state index in [2.05, 4.69) is 39.1 Å². The summed E-state index contributed by atoms with van der Waals surface area (Å²) in [6.07, 6.45) is 0.736. The Morgan fingerprint density at radius 2 is 1.05 bits per heavy atom. The van der Waals surface area contributed by atoms with Gasteiger partial charge in [0.15, 0.2) is 26.1 Å². The second kappa shape index (κ2) is 19.1. The van der Waals surface area contributed by atoms with E-state index >= 15 is 0 Å². The van der Waals surface area contributed by atoms with E-state index in [0.717, 1.165) is 30.7 Å².